The van der Waals surface area contributed by atoms with Gasteiger partial charge in [-0.2, -0.15) is 13.2 Å². The van der Waals surface area contributed by atoms with Gasteiger partial charge in [0.15, 0.2) is 0 Å². The quantitative estimate of drug-likeness (QED) is 0.456. The van der Waals surface area contributed by atoms with E-state index in [0.29, 0.717) is 5.56 Å². The van der Waals surface area contributed by atoms with Crippen LogP contribution in [-0.4, -0.2) is 8.76 Å². The fourth-order valence-electron chi connectivity index (χ4n) is 1.84. The van der Waals surface area contributed by atoms with Gasteiger partial charge in [-0.15, -0.1) is 0 Å². The zero-order valence-electron chi connectivity index (χ0n) is 10.8. The first kappa shape index (κ1) is 16.2. The van der Waals surface area contributed by atoms with E-state index in [9.17, 15) is 21.8 Å². The maximum atomic E-state index is 13.9. The Balaban J connectivity index is 2.39. The van der Waals surface area contributed by atoms with Crippen LogP contribution in [0.4, 0.5) is 28.9 Å². The van der Waals surface area contributed by atoms with Gasteiger partial charge in [-0.05, 0) is 35.4 Å². The highest BCUT2D eigenvalue weighted by Gasteiger charge is 2.30. The van der Waals surface area contributed by atoms with E-state index in [1.165, 1.54) is 18.2 Å². The summed E-state index contributed by atoms with van der Waals surface area (Å²) in [7, 11) is 0. The molecule has 2 rings (SSSR count). The lowest BCUT2D eigenvalue weighted by atomic mass is 10.0. The van der Waals surface area contributed by atoms with E-state index in [4.69, 9.17) is 10.3 Å². The molecule has 22 heavy (non-hydrogen) atoms. The van der Waals surface area contributed by atoms with Gasteiger partial charge in [0.05, 0.1) is 11.3 Å². The maximum absolute atomic E-state index is 13.9. The third kappa shape index (κ3) is 3.55. The zero-order valence-corrected chi connectivity index (χ0v) is 11.6. The van der Waals surface area contributed by atoms with Crippen molar-refractivity contribution in [2.45, 2.75) is 6.18 Å². The molecule has 0 aliphatic heterocycles. The second-order valence-corrected chi connectivity index (χ2v) is 5.05. The van der Waals surface area contributed by atoms with Crippen LogP contribution in [0, 0.1) is 5.82 Å². The van der Waals surface area contributed by atoms with Crippen LogP contribution in [0.5, 0.6) is 0 Å². The highest BCUT2D eigenvalue weighted by Crippen LogP contribution is 2.33. The Morgan fingerprint density at radius 3 is 2.14 bits per heavy atom. The molecule has 0 spiro atoms. The van der Waals surface area contributed by atoms with Gasteiger partial charge in [-0.25, -0.2) is 8.60 Å². The smallest absolute Gasteiger partial charge is 0.397 e. The first-order valence-electron chi connectivity index (χ1n) is 5.82. The predicted molar refractivity (Wildman–Crippen MR) is 75.6 cm³/mol. The number of hydrogen-bond donors (Lipinski definition) is 3. The molecule has 2 aromatic carbocycles. The van der Waals surface area contributed by atoms with Crippen LogP contribution in [0.1, 0.15) is 5.56 Å². The molecular formula is C13H10F4N2O2S. The summed E-state index contributed by atoms with van der Waals surface area (Å²) in [6, 6.07) is 6.43. The molecule has 118 valence electrons. The first-order valence-corrected chi connectivity index (χ1v) is 6.93. The normalized spacial score (nSPS) is 13.0. The van der Waals surface area contributed by atoms with E-state index < -0.39 is 28.8 Å². The predicted octanol–water partition coefficient (Wildman–Crippen LogP) is 3.64. The van der Waals surface area contributed by atoms with Crippen LogP contribution in [-0.2, 0) is 17.4 Å². The fraction of sp³-hybridized carbons (Fsp3) is 0.0769. The van der Waals surface area contributed by atoms with Crippen molar-refractivity contribution in [1.82, 2.24) is 0 Å². The highest BCUT2D eigenvalue weighted by atomic mass is 32.2. The van der Waals surface area contributed by atoms with Crippen LogP contribution in [0.3, 0.4) is 0 Å². The number of nitrogens with one attached hydrogen (secondary N) is 1. The second kappa shape index (κ2) is 5.93. The molecule has 0 amide bonds. The van der Waals surface area contributed by atoms with Gasteiger partial charge in [0.2, 0.25) is 0 Å². The average Bonchev–Trinajstić information content (AvgIpc) is 2.41. The number of nitrogen functional groups attached to an aromatic ring is 1. The lowest BCUT2D eigenvalue weighted by Gasteiger charge is -2.11. The van der Waals surface area contributed by atoms with E-state index >= 15 is 0 Å². The Bertz CT molecular complexity index is 694. The Morgan fingerprint density at radius 1 is 1.09 bits per heavy atom. The minimum absolute atomic E-state index is 0.141. The Labute approximate surface area is 125 Å². The van der Waals surface area contributed by atoms with Gasteiger partial charge in [0, 0.05) is 0 Å². The SMILES string of the molecule is Nc1cc(-c2ccc(C(F)(F)F)cc2)cc(F)c1NS(=O)O. The van der Waals surface area contributed by atoms with Crippen molar-refractivity contribution in [3.63, 3.8) is 0 Å². The van der Waals surface area contributed by atoms with Crippen LogP contribution in [0.15, 0.2) is 36.4 Å². The number of alkyl halides is 3. The molecule has 9 heteroatoms. The van der Waals surface area contributed by atoms with E-state index in [1.807, 2.05) is 4.72 Å². The summed E-state index contributed by atoms with van der Waals surface area (Å²) in [5.41, 5.74) is 4.84. The lowest BCUT2D eigenvalue weighted by Crippen LogP contribution is -2.07. The molecule has 0 radical (unpaired) electrons. The molecule has 0 saturated carbocycles. The minimum atomic E-state index is -4.46. The monoisotopic (exact) mass is 334 g/mol. The number of anilines is 2. The summed E-state index contributed by atoms with van der Waals surface area (Å²) >= 11 is -2.50. The van der Waals surface area contributed by atoms with E-state index in [-0.39, 0.29) is 16.9 Å². The summed E-state index contributed by atoms with van der Waals surface area (Å²) in [6.45, 7) is 0. The molecule has 4 nitrogen and oxygen atoms in total. The fourth-order valence-corrected chi connectivity index (χ4v) is 2.23. The average molecular weight is 334 g/mol. The lowest BCUT2D eigenvalue weighted by molar-refractivity contribution is -0.137. The van der Waals surface area contributed by atoms with Gasteiger partial charge >= 0.3 is 6.18 Å². The summed E-state index contributed by atoms with van der Waals surface area (Å²) in [6.07, 6.45) is -4.46. The van der Waals surface area contributed by atoms with Crippen molar-refractivity contribution >= 4 is 22.6 Å². The molecule has 0 aliphatic rings. The molecule has 1 unspecified atom stereocenters. The summed E-state index contributed by atoms with van der Waals surface area (Å²) in [4.78, 5) is 0. The van der Waals surface area contributed by atoms with E-state index in [2.05, 4.69) is 0 Å². The number of rotatable bonds is 3. The molecule has 0 aliphatic carbocycles. The standard InChI is InChI=1S/C13H10F4N2O2S/c14-10-5-8(6-11(18)12(10)19-22(20)21)7-1-3-9(4-2-7)13(15,16)17/h1-6,19H,18H2,(H,20,21). The van der Waals surface area contributed by atoms with Crippen molar-refractivity contribution < 1.29 is 26.3 Å². The molecule has 2 aromatic rings. The zero-order chi connectivity index (χ0) is 16.5. The molecule has 0 heterocycles. The Kier molecular flexibility index (Phi) is 4.38. The van der Waals surface area contributed by atoms with Gasteiger partial charge in [0.25, 0.3) is 11.3 Å². The molecular weight excluding hydrogens is 324 g/mol. The van der Waals surface area contributed by atoms with Crippen LogP contribution in [0.25, 0.3) is 11.1 Å². The highest BCUT2D eigenvalue weighted by molar-refractivity contribution is 7.80. The van der Waals surface area contributed by atoms with Gasteiger partial charge in [-0.1, -0.05) is 12.1 Å². The Morgan fingerprint density at radius 2 is 1.68 bits per heavy atom. The van der Waals surface area contributed by atoms with Crippen LogP contribution in [0.2, 0.25) is 0 Å². The summed E-state index contributed by atoms with van der Waals surface area (Å²) in [5.74, 6) is -0.891. The number of halogens is 4. The van der Waals surface area contributed by atoms with E-state index in [0.717, 1.165) is 18.2 Å². The number of benzene rings is 2. The Hall–Kier alpha value is -2.13. The third-order valence-electron chi connectivity index (χ3n) is 2.86. The van der Waals surface area contributed by atoms with Crippen molar-refractivity contribution in [1.29, 1.82) is 0 Å². The first-order chi connectivity index (χ1) is 10.2. The summed E-state index contributed by atoms with van der Waals surface area (Å²) in [5, 5.41) is 0. The largest absolute Gasteiger partial charge is 0.416 e. The van der Waals surface area contributed by atoms with Crippen molar-refractivity contribution in [2.75, 3.05) is 10.5 Å². The molecule has 0 saturated heterocycles. The molecule has 0 aromatic heterocycles. The van der Waals surface area contributed by atoms with Crippen molar-refractivity contribution in [3.05, 3.63) is 47.8 Å². The number of nitrogens with two attached hydrogens (primary N) is 1. The topological polar surface area (TPSA) is 75.3 Å². The van der Waals surface area contributed by atoms with Crippen molar-refractivity contribution in [2.24, 2.45) is 0 Å². The second-order valence-electron chi connectivity index (χ2n) is 4.35. The minimum Gasteiger partial charge on any atom is -0.397 e. The van der Waals surface area contributed by atoms with E-state index in [1.54, 1.807) is 0 Å². The van der Waals surface area contributed by atoms with Crippen LogP contribution < -0.4 is 10.5 Å². The molecule has 4 N–H and O–H groups in total. The third-order valence-corrected chi connectivity index (χ3v) is 3.23. The van der Waals surface area contributed by atoms with Crippen molar-refractivity contribution in [3.8, 4) is 11.1 Å². The van der Waals surface area contributed by atoms with Gasteiger partial charge in [0.1, 0.15) is 11.5 Å². The maximum Gasteiger partial charge on any atom is 0.416 e. The van der Waals surface area contributed by atoms with Gasteiger partial charge in [-0.3, -0.25) is 9.27 Å². The number of hydrogen-bond acceptors (Lipinski definition) is 2. The van der Waals surface area contributed by atoms with Crippen LogP contribution >= 0.6 is 0 Å². The molecule has 1 atom stereocenters. The van der Waals surface area contributed by atoms with Gasteiger partial charge < -0.3 is 5.73 Å². The molecule has 0 fully saturated rings. The molecule has 0 bridgehead atoms. The summed E-state index contributed by atoms with van der Waals surface area (Å²) < 4.78 is 72.5.